The molecule has 0 fully saturated rings. The molecule has 0 bridgehead atoms. The molecule has 3 rings (SSSR count). The van der Waals surface area contributed by atoms with E-state index in [1.807, 2.05) is 12.3 Å². The topological polar surface area (TPSA) is 76.1 Å². The molecule has 2 N–H and O–H groups in total. The Bertz CT molecular complexity index is 861. The quantitative estimate of drug-likeness (QED) is 0.598. The highest BCUT2D eigenvalue weighted by atomic mass is 35.5. The standard InChI is InChI=1S/C14H10Cl2N4O2S2/c1-7-5-23-13(18-7)20-14(21)22-11-12(24-6-17-11)19-10-8(15)3-2-4-9(10)16/h2-6,19H,1H3,(H,18,20,21). The Morgan fingerprint density at radius 3 is 2.67 bits per heavy atom. The number of thiazole rings is 2. The van der Waals surface area contributed by atoms with Gasteiger partial charge in [-0.05, 0) is 19.1 Å². The number of para-hydroxylation sites is 1. The summed E-state index contributed by atoms with van der Waals surface area (Å²) in [4.78, 5) is 20.1. The van der Waals surface area contributed by atoms with Gasteiger partial charge in [0.25, 0.3) is 5.88 Å². The van der Waals surface area contributed by atoms with Crippen LogP contribution in [0.2, 0.25) is 10.0 Å². The van der Waals surface area contributed by atoms with Crippen LogP contribution in [0.15, 0.2) is 29.1 Å². The van der Waals surface area contributed by atoms with Crippen LogP contribution in [0, 0.1) is 6.92 Å². The average Bonchev–Trinajstić information content (AvgIpc) is 3.12. The fraction of sp³-hybridized carbons (Fsp3) is 0.0714. The second-order valence-corrected chi connectivity index (χ2v) is 7.04. The minimum atomic E-state index is -0.677. The normalized spacial score (nSPS) is 10.5. The highest BCUT2D eigenvalue weighted by Gasteiger charge is 2.16. The van der Waals surface area contributed by atoms with Gasteiger partial charge < -0.3 is 10.1 Å². The van der Waals surface area contributed by atoms with Crippen molar-refractivity contribution in [3.63, 3.8) is 0 Å². The SMILES string of the molecule is Cc1csc(NC(=O)Oc2ncsc2Nc2c(Cl)cccc2Cl)n1. The molecule has 0 saturated heterocycles. The first-order valence-corrected chi connectivity index (χ1v) is 9.10. The number of anilines is 3. The summed E-state index contributed by atoms with van der Waals surface area (Å²) in [5, 5.41) is 9.27. The number of amides is 1. The van der Waals surface area contributed by atoms with Gasteiger partial charge in [0.15, 0.2) is 10.1 Å². The van der Waals surface area contributed by atoms with E-state index in [9.17, 15) is 4.79 Å². The zero-order valence-corrected chi connectivity index (χ0v) is 15.3. The van der Waals surface area contributed by atoms with E-state index < -0.39 is 6.09 Å². The molecule has 124 valence electrons. The number of benzene rings is 1. The number of aromatic nitrogens is 2. The molecule has 0 saturated carbocycles. The van der Waals surface area contributed by atoms with Crippen LogP contribution >= 0.6 is 45.9 Å². The summed E-state index contributed by atoms with van der Waals surface area (Å²) in [6.07, 6.45) is -0.677. The van der Waals surface area contributed by atoms with Crippen molar-refractivity contribution in [1.82, 2.24) is 9.97 Å². The molecule has 3 aromatic rings. The molecule has 0 aliphatic rings. The molecule has 0 unspecified atom stereocenters. The second-order valence-electron chi connectivity index (χ2n) is 4.52. The number of ether oxygens (including phenoxy) is 1. The molecule has 2 aromatic heterocycles. The highest BCUT2D eigenvalue weighted by Crippen LogP contribution is 2.37. The monoisotopic (exact) mass is 400 g/mol. The first-order valence-electron chi connectivity index (χ1n) is 6.58. The van der Waals surface area contributed by atoms with Crippen LogP contribution in [0.3, 0.4) is 0 Å². The van der Waals surface area contributed by atoms with E-state index in [0.717, 1.165) is 5.69 Å². The predicted octanol–water partition coefficient (Wildman–Crippen LogP) is 5.57. The Morgan fingerprint density at radius 1 is 1.25 bits per heavy atom. The van der Waals surface area contributed by atoms with Crippen molar-refractivity contribution in [2.75, 3.05) is 10.6 Å². The minimum absolute atomic E-state index is 0.127. The van der Waals surface area contributed by atoms with Gasteiger partial charge in [0.1, 0.15) is 0 Å². The number of carbonyl (C=O) groups excluding carboxylic acids is 1. The molecular formula is C14H10Cl2N4O2S2. The third kappa shape index (κ3) is 3.96. The van der Waals surface area contributed by atoms with E-state index in [1.165, 1.54) is 22.7 Å². The Balaban J connectivity index is 1.72. The van der Waals surface area contributed by atoms with E-state index >= 15 is 0 Å². The van der Waals surface area contributed by atoms with Gasteiger partial charge in [-0.1, -0.05) is 29.3 Å². The van der Waals surface area contributed by atoms with Crippen molar-refractivity contribution < 1.29 is 9.53 Å². The van der Waals surface area contributed by atoms with Crippen LogP contribution in [0.1, 0.15) is 5.69 Å². The van der Waals surface area contributed by atoms with Crippen molar-refractivity contribution in [3.05, 3.63) is 44.8 Å². The molecule has 0 aliphatic heterocycles. The van der Waals surface area contributed by atoms with Crippen molar-refractivity contribution in [3.8, 4) is 5.88 Å². The molecule has 24 heavy (non-hydrogen) atoms. The summed E-state index contributed by atoms with van der Waals surface area (Å²) >= 11 is 14.8. The Kier molecular flexibility index (Phi) is 5.20. The van der Waals surface area contributed by atoms with E-state index in [1.54, 1.807) is 23.7 Å². The number of aryl methyl sites for hydroxylation is 1. The summed E-state index contributed by atoms with van der Waals surface area (Å²) in [5.41, 5.74) is 2.88. The Morgan fingerprint density at radius 2 is 2.00 bits per heavy atom. The van der Waals surface area contributed by atoms with Gasteiger partial charge in [0, 0.05) is 5.38 Å². The molecule has 0 spiro atoms. The maximum Gasteiger partial charge on any atom is 0.420 e. The van der Waals surface area contributed by atoms with Crippen LogP contribution in [-0.4, -0.2) is 16.1 Å². The van der Waals surface area contributed by atoms with Crippen LogP contribution in [0.25, 0.3) is 0 Å². The summed E-state index contributed by atoms with van der Waals surface area (Å²) in [7, 11) is 0. The number of hydrogen-bond donors (Lipinski definition) is 2. The molecule has 1 aromatic carbocycles. The lowest BCUT2D eigenvalue weighted by molar-refractivity contribution is 0.214. The summed E-state index contributed by atoms with van der Waals surface area (Å²) in [6.45, 7) is 1.84. The van der Waals surface area contributed by atoms with Crippen molar-refractivity contribution in [2.24, 2.45) is 0 Å². The van der Waals surface area contributed by atoms with Gasteiger partial charge in [-0.25, -0.2) is 14.8 Å². The molecule has 10 heteroatoms. The molecule has 6 nitrogen and oxygen atoms in total. The molecule has 0 radical (unpaired) electrons. The van der Waals surface area contributed by atoms with Crippen LogP contribution < -0.4 is 15.4 Å². The number of nitrogens with one attached hydrogen (secondary N) is 2. The summed E-state index contributed by atoms with van der Waals surface area (Å²) in [5.74, 6) is 0.127. The average molecular weight is 401 g/mol. The third-order valence-corrected chi connectivity index (χ3v) is 4.98. The van der Waals surface area contributed by atoms with E-state index in [2.05, 4.69) is 20.6 Å². The first-order chi connectivity index (χ1) is 11.5. The first kappa shape index (κ1) is 17.0. The van der Waals surface area contributed by atoms with Crippen molar-refractivity contribution in [2.45, 2.75) is 6.92 Å². The third-order valence-electron chi connectivity index (χ3n) is 2.75. The van der Waals surface area contributed by atoms with Crippen LogP contribution in [0.4, 0.5) is 20.6 Å². The molecular weight excluding hydrogens is 391 g/mol. The summed E-state index contributed by atoms with van der Waals surface area (Å²) < 4.78 is 5.22. The number of carbonyl (C=O) groups is 1. The fourth-order valence-corrected chi connectivity index (χ4v) is 3.51. The maximum absolute atomic E-state index is 11.9. The lowest BCUT2D eigenvalue weighted by atomic mass is 10.3. The number of nitrogens with zero attached hydrogens (tertiary/aromatic N) is 2. The van der Waals surface area contributed by atoms with E-state index in [4.69, 9.17) is 27.9 Å². The van der Waals surface area contributed by atoms with Gasteiger partial charge >= 0.3 is 6.09 Å². The molecule has 2 heterocycles. The van der Waals surface area contributed by atoms with E-state index in [0.29, 0.717) is 25.9 Å². The Labute approximate surface area is 155 Å². The second kappa shape index (κ2) is 7.35. The van der Waals surface area contributed by atoms with Gasteiger partial charge in [-0.2, -0.15) is 0 Å². The number of hydrogen-bond acceptors (Lipinski definition) is 7. The maximum atomic E-state index is 11.9. The lowest BCUT2D eigenvalue weighted by Gasteiger charge is -2.09. The lowest BCUT2D eigenvalue weighted by Crippen LogP contribution is -2.17. The Hall–Kier alpha value is -1.87. The molecule has 1 amide bonds. The highest BCUT2D eigenvalue weighted by molar-refractivity contribution is 7.14. The van der Waals surface area contributed by atoms with Gasteiger partial charge in [0.2, 0.25) is 0 Å². The van der Waals surface area contributed by atoms with Crippen molar-refractivity contribution >= 4 is 67.8 Å². The van der Waals surface area contributed by atoms with E-state index in [-0.39, 0.29) is 5.88 Å². The van der Waals surface area contributed by atoms with Crippen LogP contribution in [0.5, 0.6) is 5.88 Å². The smallest absolute Gasteiger partial charge is 0.388 e. The summed E-state index contributed by atoms with van der Waals surface area (Å²) in [6, 6.07) is 5.15. The number of halogens is 2. The van der Waals surface area contributed by atoms with Crippen molar-refractivity contribution in [1.29, 1.82) is 0 Å². The minimum Gasteiger partial charge on any atom is -0.388 e. The predicted molar refractivity (Wildman–Crippen MR) is 98.4 cm³/mol. The number of rotatable bonds is 4. The zero-order chi connectivity index (χ0) is 17.1. The molecule has 0 atom stereocenters. The fourth-order valence-electron chi connectivity index (χ4n) is 1.73. The molecule has 0 aliphatic carbocycles. The van der Waals surface area contributed by atoms with Gasteiger partial charge in [0.05, 0.1) is 26.9 Å². The van der Waals surface area contributed by atoms with Gasteiger partial charge in [-0.3, -0.25) is 5.32 Å². The zero-order valence-electron chi connectivity index (χ0n) is 12.2. The van der Waals surface area contributed by atoms with Gasteiger partial charge in [-0.15, -0.1) is 22.7 Å². The largest absolute Gasteiger partial charge is 0.420 e. The van der Waals surface area contributed by atoms with Crippen LogP contribution in [-0.2, 0) is 0 Å².